The fraction of sp³-hybridized carbons (Fsp3) is 0.409. The summed E-state index contributed by atoms with van der Waals surface area (Å²) in [6.07, 6.45) is 0. The summed E-state index contributed by atoms with van der Waals surface area (Å²) >= 11 is 6.49. The first-order valence-corrected chi connectivity index (χ1v) is 9.93. The van der Waals surface area contributed by atoms with E-state index in [0.29, 0.717) is 17.3 Å². The molecule has 28 heavy (non-hydrogen) atoms. The molecule has 0 atom stereocenters. The van der Waals surface area contributed by atoms with Gasteiger partial charge in [-0.15, -0.1) is 0 Å². The zero-order valence-electron chi connectivity index (χ0n) is 16.6. The number of nitrogens with zero attached hydrogens (tertiary/aromatic N) is 2. The van der Waals surface area contributed by atoms with Crippen LogP contribution in [0.1, 0.15) is 26.3 Å². The van der Waals surface area contributed by atoms with Gasteiger partial charge in [0.05, 0.1) is 10.7 Å². The van der Waals surface area contributed by atoms with E-state index in [9.17, 15) is 9.18 Å². The van der Waals surface area contributed by atoms with Gasteiger partial charge < -0.3 is 10.2 Å². The van der Waals surface area contributed by atoms with Crippen LogP contribution in [0, 0.1) is 11.2 Å². The molecular formula is C22H27ClFN3O. The maximum absolute atomic E-state index is 13.9. The quantitative estimate of drug-likeness (QED) is 0.797. The van der Waals surface area contributed by atoms with Crippen molar-refractivity contribution in [3.05, 3.63) is 58.9 Å². The van der Waals surface area contributed by atoms with Gasteiger partial charge in [-0.25, -0.2) is 4.39 Å². The molecule has 2 aromatic rings. The molecule has 1 aliphatic rings. The molecule has 1 N–H and O–H groups in total. The standard InChI is InChI=1S/C22H27ClFN3O/c1-22(2,3)21(28)25-17-8-9-20(18(23)14-17)27-12-10-26(11-13-27)15-16-6-4-5-7-19(16)24/h4-9,14H,10-13,15H2,1-3H3,(H,25,28). The molecule has 1 amide bonds. The maximum Gasteiger partial charge on any atom is 0.229 e. The zero-order chi connectivity index (χ0) is 20.3. The SMILES string of the molecule is CC(C)(C)C(=O)Nc1ccc(N2CCN(Cc3ccccc3F)CC2)c(Cl)c1. The number of carbonyl (C=O) groups excluding carboxylic acids is 1. The molecule has 2 aromatic carbocycles. The molecule has 1 saturated heterocycles. The van der Waals surface area contributed by atoms with E-state index in [1.54, 1.807) is 12.1 Å². The Labute approximate surface area is 171 Å². The summed E-state index contributed by atoms with van der Waals surface area (Å²) in [5, 5.41) is 3.53. The summed E-state index contributed by atoms with van der Waals surface area (Å²) in [5.41, 5.74) is 1.93. The van der Waals surface area contributed by atoms with E-state index in [1.165, 1.54) is 6.07 Å². The Morgan fingerprint density at radius 1 is 1.11 bits per heavy atom. The van der Waals surface area contributed by atoms with Crippen LogP contribution in [0.15, 0.2) is 42.5 Å². The van der Waals surface area contributed by atoms with Gasteiger partial charge in [0, 0.05) is 49.4 Å². The summed E-state index contributed by atoms with van der Waals surface area (Å²) in [6, 6.07) is 12.6. The Bertz CT molecular complexity index is 842. The van der Waals surface area contributed by atoms with Crippen LogP contribution < -0.4 is 10.2 Å². The highest BCUT2D eigenvalue weighted by molar-refractivity contribution is 6.33. The third kappa shape index (κ3) is 5.03. The highest BCUT2D eigenvalue weighted by atomic mass is 35.5. The van der Waals surface area contributed by atoms with E-state index < -0.39 is 5.41 Å². The van der Waals surface area contributed by atoms with E-state index in [2.05, 4.69) is 15.1 Å². The van der Waals surface area contributed by atoms with Crippen molar-refractivity contribution in [2.45, 2.75) is 27.3 Å². The van der Waals surface area contributed by atoms with Crippen molar-refractivity contribution < 1.29 is 9.18 Å². The molecule has 1 heterocycles. The lowest BCUT2D eigenvalue weighted by atomic mass is 9.95. The zero-order valence-corrected chi connectivity index (χ0v) is 17.4. The summed E-state index contributed by atoms with van der Waals surface area (Å²) in [7, 11) is 0. The number of hydrogen-bond acceptors (Lipinski definition) is 3. The molecular weight excluding hydrogens is 377 g/mol. The topological polar surface area (TPSA) is 35.6 Å². The first-order valence-electron chi connectivity index (χ1n) is 9.56. The van der Waals surface area contributed by atoms with E-state index >= 15 is 0 Å². The average molecular weight is 404 g/mol. The number of nitrogens with one attached hydrogen (secondary N) is 1. The highest BCUT2D eigenvalue weighted by Crippen LogP contribution is 2.30. The second kappa shape index (κ2) is 8.50. The highest BCUT2D eigenvalue weighted by Gasteiger charge is 2.23. The average Bonchev–Trinajstić information content (AvgIpc) is 2.64. The Hall–Kier alpha value is -2.11. The number of amides is 1. The lowest BCUT2D eigenvalue weighted by Gasteiger charge is -2.36. The van der Waals surface area contributed by atoms with Gasteiger partial charge >= 0.3 is 0 Å². The smallest absolute Gasteiger partial charge is 0.229 e. The molecule has 1 aliphatic heterocycles. The van der Waals surface area contributed by atoms with E-state index in [-0.39, 0.29) is 11.7 Å². The Morgan fingerprint density at radius 3 is 2.39 bits per heavy atom. The summed E-state index contributed by atoms with van der Waals surface area (Å²) < 4.78 is 13.9. The van der Waals surface area contributed by atoms with Crippen molar-refractivity contribution in [1.82, 2.24) is 4.90 Å². The maximum atomic E-state index is 13.9. The molecule has 6 heteroatoms. The molecule has 0 saturated carbocycles. The summed E-state index contributed by atoms with van der Waals surface area (Å²) in [4.78, 5) is 16.6. The molecule has 0 aliphatic carbocycles. The van der Waals surface area contributed by atoms with Gasteiger partial charge in [-0.3, -0.25) is 9.69 Å². The molecule has 0 unspecified atom stereocenters. The second-order valence-electron chi connectivity index (χ2n) is 8.22. The van der Waals surface area contributed by atoms with E-state index in [4.69, 9.17) is 11.6 Å². The number of anilines is 2. The normalized spacial score (nSPS) is 15.5. The fourth-order valence-electron chi connectivity index (χ4n) is 3.17. The largest absolute Gasteiger partial charge is 0.368 e. The fourth-order valence-corrected chi connectivity index (χ4v) is 3.47. The third-order valence-electron chi connectivity index (χ3n) is 4.95. The van der Waals surface area contributed by atoms with Crippen LogP contribution in [0.4, 0.5) is 15.8 Å². The van der Waals surface area contributed by atoms with E-state index in [1.807, 2.05) is 45.0 Å². The van der Waals surface area contributed by atoms with Crippen LogP contribution in [0.2, 0.25) is 5.02 Å². The van der Waals surface area contributed by atoms with Gasteiger partial charge in [-0.1, -0.05) is 50.6 Å². The molecule has 0 spiro atoms. The predicted molar refractivity (Wildman–Crippen MR) is 113 cm³/mol. The molecule has 4 nitrogen and oxygen atoms in total. The van der Waals surface area contributed by atoms with Crippen LogP contribution in [-0.2, 0) is 11.3 Å². The van der Waals surface area contributed by atoms with Crippen molar-refractivity contribution in [3.63, 3.8) is 0 Å². The molecule has 0 bridgehead atoms. The Kier molecular flexibility index (Phi) is 6.26. The summed E-state index contributed by atoms with van der Waals surface area (Å²) in [5.74, 6) is -0.195. The van der Waals surface area contributed by atoms with Crippen LogP contribution >= 0.6 is 11.6 Å². The molecule has 0 radical (unpaired) electrons. The number of halogens is 2. The first-order chi connectivity index (χ1) is 13.2. The predicted octanol–water partition coefficient (Wildman–Crippen LogP) is 4.79. The molecule has 0 aromatic heterocycles. The van der Waals surface area contributed by atoms with Crippen LogP contribution in [0.25, 0.3) is 0 Å². The van der Waals surface area contributed by atoms with Gasteiger partial charge in [-0.2, -0.15) is 0 Å². The third-order valence-corrected chi connectivity index (χ3v) is 5.25. The van der Waals surface area contributed by atoms with Crippen molar-refractivity contribution in [2.24, 2.45) is 5.41 Å². The van der Waals surface area contributed by atoms with Crippen molar-refractivity contribution in [2.75, 3.05) is 36.4 Å². The minimum absolute atomic E-state index is 0.0434. The van der Waals surface area contributed by atoms with Gasteiger partial charge in [0.2, 0.25) is 5.91 Å². The van der Waals surface area contributed by atoms with Crippen molar-refractivity contribution in [1.29, 1.82) is 0 Å². The Balaban J connectivity index is 1.60. The number of carbonyl (C=O) groups is 1. The molecule has 150 valence electrons. The first kappa shape index (κ1) is 20.6. The van der Waals surface area contributed by atoms with Gasteiger partial charge in [-0.05, 0) is 24.3 Å². The second-order valence-corrected chi connectivity index (χ2v) is 8.63. The molecule has 1 fully saturated rings. The monoisotopic (exact) mass is 403 g/mol. The summed E-state index contributed by atoms with van der Waals surface area (Å²) in [6.45, 7) is 9.56. The van der Waals surface area contributed by atoms with Gasteiger partial charge in [0.25, 0.3) is 0 Å². The van der Waals surface area contributed by atoms with Crippen LogP contribution in [-0.4, -0.2) is 37.0 Å². The van der Waals surface area contributed by atoms with Crippen LogP contribution in [0.3, 0.4) is 0 Å². The Morgan fingerprint density at radius 2 is 1.79 bits per heavy atom. The number of rotatable bonds is 4. The van der Waals surface area contributed by atoms with E-state index in [0.717, 1.165) is 37.4 Å². The van der Waals surface area contributed by atoms with Crippen molar-refractivity contribution in [3.8, 4) is 0 Å². The van der Waals surface area contributed by atoms with Gasteiger partial charge in [0.15, 0.2) is 0 Å². The number of piperazine rings is 1. The van der Waals surface area contributed by atoms with Gasteiger partial charge in [0.1, 0.15) is 5.82 Å². The number of hydrogen-bond donors (Lipinski definition) is 1. The molecule has 3 rings (SSSR count). The lowest BCUT2D eigenvalue weighted by Crippen LogP contribution is -2.46. The minimum Gasteiger partial charge on any atom is -0.368 e. The van der Waals surface area contributed by atoms with Crippen molar-refractivity contribution >= 4 is 28.9 Å². The van der Waals surface area contributed by atoms with Crippen LogP contribution in [0.5, 0.6) is 0 Å². The lowest BCUT2D eigenvalue weighted by molar-refractivity contribution is -0.123. The number of benzene rings is 2. The minimum atomic E-state index is -0.459.